The van der Waals surface area contributed by atoms with Crippen LogP contribution in [0.4, 0.5) is 0 Å². The number of nitrogens with one attached hydrogen (secondary N) is 1. The molecule has 0 bridgehead atoms. The molecule has 0 saturated carbocycles. The lowest BCUT2D eigenvalue weighted by molar-refractivity contribution is 0.0961. The molecular formula is C12H11IN2O2. The Hall–Kier alpha value is -1.37. The van der Waals surface area contributed by atoms with E-state index in [1.165, 1.54) is 7.05 Å². The number of nitrogens with zero attached hydrogens (tertiary/aromatic N) is 1. The molecule has 1 N–H and O–H groups in total. The number of aromatic nitrogens is 1. The van der Waals surface area contributed by atoms with E-state index >= 15 is 0 Å². The van der Waals surface area contributed by atoms with Gasteiger partial charge in [-0.2, -0.15) is 0 Å². The van der Waals surface area contributed by atoms with Gasteiger partial charge in [0.2, 0.25) is 5.43 Å². The van der Waals surface area contributed by atoms with Crippen molar-refractivity contribution in [3.05, 3.63) is 43.8 Å². The Morgan fingerprint density at radius 1 is 1.41 bits per heavy atom. The van der Waals surface area contributed by atoms with Crippen LogP contribution < -0.4 is 10.7 Å². The molecule has 0 radical (unpaired) electrons. The maximum absolute atomic E-state index is 12.2. The largest absolute Gasteiger partial charge is 0.355 e. The van der Waals surface area contributed by atoms with Gasteiger partial charge in [0.15, 0.2) is 0 Å². The number of fused-ring (bicyclic) bond motifs is 1. The summed E-state index contributed by atoms with van der Waals surface area (Å²) in [6.07, 6.45) is 1.58. The molecule has 17 heavy (non-hydrogen) atoms. The number of para-hydroxylation sites is 1. The monoisotopic (exact) mass is 342 g/mol. The van der Waals surface area contributed by atoms with Crippen LogP contribution in [0.3, 0.4) is 0 Å². The van der Waals surface area contributed by atoms with Crippen LogP contribution in [0.15, 0.2) is 29.2 Å². The van der Waals surface area contributed by atoms with E-state index in [0.29, 0.717) is 5.39 Å². The van der Waals surface area contributed by atoms with E-state index in [0.717, 1.165) is 9.09 Å². The minimum atomic E-state index is -0.355. The first-order valence-electron chi connectivity index (χ1n) is 5.06. The first kappa shape index (κ1) is 12.1. The zero-order valence-corrected chi connectivity index (χ0v) is 11.6. The highest BCUT2D eigenvalue weighted by atomic mass is 127. The van der Waals surface area contributed by atoms with Gasteiger partial charge in [0.1, 0.15) is 5.56 Å². The third-order valence-electron chi connectivity index (χ3n) is 2.62. The smallest absolute Gasteiger partial charge is 0.256 e. The average Bonchev–Trinajstić information content (AvgIpc) is 2.32. The minimum absolute atomic E-state index is 0.171. The van der Waals surface area contributed by atoms with Crippen LogP contribution in [0.25, 0.3) is 10.9 Å². The SMILES string of the molecule is CNC(=O)c1cn(C)c2c(I)cccc2c1=O. The summed E-state index contributed by atoms with van der Waals surface area (Å²) in [5.41, 5.74) is 0.797. The average molecular weight is 342 g/mol. The first-order chi connectivity index (χ1) is 8.06. The summed E-state index contributed by atoms with van der Waals surface area (Å²) in [5.74, 6) is -0.355. The van der Waals surface area contributed by atoms with E-state index in [-0.39, 0.29) is 16.9 Å². The van der Waals surface area contributed by atoms with Crippen molar-refractivity contribution >= 4 is 39.4 Å². The second-order valence-electron chi connectivity index (χ2n) is 3.70. The summed E-state index contributed by atoms with van der Waals surface area (Å²) in [6.45, 7) is 0. The molecule has 0 spiro atoms. The molecule has 5 heteroatoms. The highest BCUT2D eigenvalue weighted by Gasteiger charge is 2.14. The summed E-state index contributed by atoms with van der Waals surface area (Å²) >= 11 is 2.18. The molecule has 1 amide bonds. The van der Waals surface area contributed by atoms with Gasteiger partial charge in [-0.05, 0) is 34.7 Å². The minimum Gasteiger partial charge on any atom is -0.355 e. The number of pyridine rings is 1. The molecule has 0 atom stereocenters. The molecule has 88 valence electrons. The molecule has 1 aromatic carbocycles. The molecule has 0 aliphatic heterocycles. The summed E-state index contributed by atoms with van der Waals surface area (Å²) in [7, 11) is 3.34. The van der Waals surface area contributed by atoms with Gasteiger partial charge in [-0.25, -0.2) is 0 Å². The molecule has 2 aromatic rings. The Morgan fingerprint density at radius 3 is 2.76 bits per heavy atom. The second-order valence-corrected chi connectivity index (χ2v) is 4.86. The van der Waals surface area contributed by atoms with Crippen LogP contribution >= 0.6 is 22.6 Å². The van der Waals surface area contributed by atoms with Gasteiger partial charge in [-0.3, -0.25) is 9.59 Å². The van der Waals surface area contributed by atoms with Crippen LogP contribution in [0.1, 0.15) is 10.4 Å². The van der Waals surface area contributed by atoms with Crippen molar-refractivity contribution in [2.75, 3.05) is 7.05 Å². The third kappa shape index (κ3) is 1.95. The maximum Gasteiger partial charge on any atom is 0.256 e. The Kier molecular flexibility index (Phi) is 3.19. The van der Waals surface area contributed by atoms with Gasteiger partial charge in [-0.15, -0.1) is 0 Å². The van der Waals surface area contributed by atoms with Crippen LogP contribution in [0, 0.1) is 3.57 Å². The number of carbonyl (C=O) groups is 1. The van der Waals surface area contributed by atoms with Gasteiger partial charge >= 0.3 is 0 Å². The van der Waals surface area contributed by atoms with Crippen molar-refractivity contribution in [2.24, 2.45) is 7.05 Å². The van der Waals surface area contributed by atoms with Gasteiger partial charge in [-0.1, -0.05) is 6.07 Å². The van der Waals surface area contributed by atoms with Crippen LogP contribution in [-0.2, 0) is 7.05 Å². The normalized spacial score (nSPS) is 10.5. The fourth-order valence-corrected chi connectivity index (χ4v) is 2.69. The van der Waals surface area contributed by atoms with Crippen LogP contribution in [0.5, 0.6) is 0 Å². The van der Waals surface area contributed by atoms with E-state index < -0.39 is 0 Å². The van der Waals surface area contributed by atoms with Crippen molar-refractivity contribution < 1.29 is 4.79 Å². The molecule has 1 heterocycles. The number of halogens is 1. The quantitative estimate of drug-likeness (QED) is 0.799. The predicted molar refractivity (Wildman–Crippen MR) is 75.3 cm³/mol. The van der Waals surface area contributed by atoms with Gasteiger partial charge in [0.25, 0.3) is 5.91 Å². The summed E-state index contributed by atoms with van der Waals surface area (Å²) in [5, 5.41) is 3.04. The maximum atomic E-state index is 12.2. The molecule has 0 fully saturated rings. The highest BCUT2D eigenvalue weighted by molar-refractivity contribution is 14.1. The van der Waals surface area contributed by atoms with E-state index in [9.17, 15) is 9.59 Å². The van der Waals surface area contributed by atoms with Gasteiger partial charge < -0.3 is 9.88 Å². The molecule has 0 saturated heterocycles. The highest BCUT2D eigenvalue weighted by Crippen LogP contribution is 2.17. The molecule has 0 aliphatic carbocycles. The van der Waals surface area contributed by atoms with Crippen LogP contribution in [-0.4, -0.2) is 17.5 Å². The van der Waals surface area contributed by atoms with Crippen molar-refractivity contribution in [3.8, 4) is 0 Å². The number of aryl methyl sites for hydroxylation is 1. The lowest BCUT2D eigenvalue weighted by Crippen LogP contribution is -2.26. The Bertz CT molecular complexity index is 661. The van der Waals surface area contributed by atoms with Gasteiger partial charge in [0, 0.05) is 29.2 Å². The molecule has 4 nitrogen and oxygen atoms in total. The Labute approximate surface area is 112 Å². The summed E-state index contributed by atoms with van der Waals surface area (Å²) in [4.78, 5) is 23.7. The third-order valence-corrected chi connectivity index (χ3v) is 3.49. The molecule has 1 aromatic heterocycles. The van der Waals surface area contributed by atoms with Crippen molar-refractivity contribution in [2.45, 2.75) is 0 Å². The van der Waals surface area contributed by atoms with Crippen molar-refractivity contribution in [3.63, 3.8) is 0 Å². The summed E-state index contributed by atoms with van der Waals surface area (Å²) in [6, 6.07) is 5.49. The van der Waals surface area contributed by atoms with E-state index in [1.54, 1.807) is 12.3 Å². The number of amides is 1. The first-order valence-corrected chi connectivity index (χ1v) is 6.14. The van der Waals surface area contributed by atoms with E-state index in [2.05, 4.69) is 27.9 Å². The topological polar surface area (TPSA) is 51.1 Å². The second kappa shape index (κ2) is 4.48. The lowest BCUT2D eigenvalue weighted by atomic mass is 10.1. The lowest BCUT2D eigenvalue weighted by Gasteiger charge is -2.09. The molecule has 0 aliphatic rings. The number of rotatable bonds is 1. The molecule has 0 unspecified atom stereocenters. The fourth-order valence-electron chi connectivity index (χ4n) is 1.82. The zero-order chi connectivity index (χ0) is 12.6. The number of hydrogen-bond donors (Lipinski definition) is 1. The standard InChI is InChI=1S/C12H11IN2O2/c1-14-12(17)8-6-15(2)10-7(11(8)16)4-3-5-9(10)13/h3-6H,1-2H3,(H,14,17). The summed E-state index contributed by atoms with van der Waals surface area (Å²) < 4.78 is 2.80. The molecular weight excluding hydrogens is 331 g/mol. The van der Waals surface area contributed by atoms with E-state index in [4.69, 9.17) is 0 Å². The number of benzene rings is 1. The van der Waals surface area contributed by atoms with E-state index in [1.807, 2.05) is 23.7 Å². The van der Waals surface area contributed by atoms with Gasteiger partial charge in [0.05, 0.1) is 5.52 Å². The Morgan fingerprint density at radius 2 is 2.12 bits per heavy atom. The van der Waals surface area contributed by atoms with Crippen LogP contribution in [0.2, 0.25) is 0 Å². The fraction of sp³-hybridized carbons (Fsp3) is 0.167. The van der Waals surface area contributed by atoms with Crippen molar-refractivity contribution in [1.82, 2.24) is 9.88 Å². The number of carbonyl (C=O) groups excluding carboxylic acids is 1. The predicted octanol–water partition coefficient (Wildman–Crippen LogP) is 1.50. The zero-order valence-electron chi connectivity index (χ0n) is 9.45. The Balaban J connectivity index is 2.91. The molecule has 2 rings (SSSR count). The number of hydrogen-bond acceptors (Lipinski definition) is 2. The van der Waals surface area contributed by atoms with Crippen molar-refractivity contribution in [1.29, 1.82) is 0 Å².